The van der Waals surface area contributed by atoms with E-state index in [2.05, 4.69) is 0 Å². The number of methoxy groups -OCH3 is 1. The van der Waals surface area contributed by atoms with Crippen molar-refractivity contribution in [3.8, 4) is 0 Å². The van der Waals surface area contributed by atoms with Crippen LogP contribution in [-0.4, -0.2) is 17.5 Å². The lowest BCUT2D eigenvalue weighted by Gasteiger charge is -1.92. The predicted octanol–water partition coefficient (Wildman–Crippen LogP) is 1.82. The Bertz CT molecular complexity index is 103. The van der Waals surface area contributed by atoms with E-state index in [0.717, 1.165) is 0 Å². The topological polar surface area (TPSA) is 9.23 Å². The third kappa shape index (κ3) is 0.734. The first-order valence-corrected chi connectivity index (χ1v) is 3.27. The zero-order chi connectivity index (χ0) is 6.36. The maximum atomic E-state index is 5.70. The summed E-state index contributed by atoms with van der Waals surface area (Å²) < 4.78 is 4.32. The molecule has 1 nitrogen and oxygen atoms in total. The third-order valence-corrected chi connectivity index (χ3v) is 2.70. The van der Waals surface area contributed by atoms with Gasteiger partial charge in [0.25, 0.3) is 0 Å². The maximum Gasteiger partial charge on any atom is 0.149 e. The van der Waals surface area contributed by atoms with Gasteiger partial charge in [-0.25, -0.2) is 0 Å². The highest BCUT2D eigenvalue weighted by Crippen LogP contribution is 2.54. The van der Waals surface area contributed by atoms with Crippen LogP contribution in [0.5, 0.6) is 0 Å². The summed E-state index contributed by atoms with van der Waals surface area (Å²) in [7, 11) is 1.62. The number of hydrogen-bond donors (Lipinski definition) is 0. The molecule has 48 valence electrons. The lowest BCUT2D eigenvalue weighted by molar-refractivity contribution is 0.170. The first-order chi connectivity index (χ1) is 3.60. The van der Waals surface area contributed by atoms with Crippen molar-refractivity contribution in [2.24, 2.45) is 5.92 Å². The number of halogens is 2. The lowest BCUT2D eigenvalue weighted by atomic mass is 10.5. The van der Waals surface area contributed by atoms with Crippen molar-refractivity contribution in [3.63, 3.8) is 0 Å². The smallest absolute Gasteiger partial charge is 0.149 e. The molecule has 0 aromatic carbocycles. The normalized spacial score (nSPS) is 42.0. The molecule has 1 fully saturated rings. The summed E-state index contributed by atoms with van der Waals surface area (Å²) in [5, 5.41) is 0. The van der Waals surface area contributed by atoms with Crippen molar-refractivity contribution in [1.29, 1.82) is 0 Å². The van der Waals surface area contributed by atoms with E-state index in [1.54, 1.807) is 7.11 Å². The van der Waals surface area contributed by atoms with Crippen molar-refractivity contribution in [3.05, 3.63) is 0 Å². The molecule has 0 amide bonds. The fraction of sp³-hybridized carbons (Fsp3) is 1.00. The Hall–Kier alpha value is 0.540. The van der Waals surface area contributed by atoms with Crippen LogP contribution in [0.4, 0.5) is 0 Å². The van der Waals surface area contributed by atoms with Gasteiger partial charge in [0.05, 0.1) is 6.10 Å². The van der Waals surface area contributed by atoms with Crippen LogP contribution in [0.3, 0.4) is 0 Å². The van der Waals surface area contributed by atoms with Gasteiger partial charge in [-0.1, -0.05) is 30.1 Å². The van der Waals surface area contributed by atoms with E-state index >= 15 is 0 Å². The third-order valence-electron chi connectivity index (χ3n) is 1.59. The Kier molecular flexibility index (Phi) is 1.46. The van der Waals surface area contributed by atoms with E-state index in [1.165, 1.54) is 0 Å². The minimum Gasteiger partial charge on any atom is -0.378 e. The predicted molar refractivity (Wildman–Crippen MR) is 34.4 cm³/mol. The summed E-state index contributed by atoms with van der Waals surface area (Å²) in [6.07, 6.45) is 0.0471. The number of alkyl halides is 2. The van der Waals surface area contributed by atoms with Crippen molar-refractivity contribution in [1.82, 2.24) is 0 Å². The molecule has 0 heterocycles. The summed E-state index contributed by atoms with van der Waals surface area (Å²) in [4.78, 5) is 0. The number of hydrogen-bond acceptors (Lipinski definition) is 1. The minimum atomic E-state index is -0.602. The molecular weight excluding hydrogens is 147 g/mol. The Morgan fingerprint density at radius 1 is 1.50 bits per heavy atom. The van der Waals surface area contributed by atoms with Gasteiger partial charge in [-0.05, 0) is 0 Å². The zero-order valence-corrected chi connectivity index (χ0v) is 6.33. The van der Waals surface area contributed by atoms with Gasteiger partial charge >= 0.3 is 0 Å². The van der Waals surface area contributed by atoms with E-state index in [1.807, 2.05) is 6.92 Å². The monoisotopic (exact) mass is 154 g/mol. The van der Waals surface area contributed by atoms with Gasteiger partial charge in [0, 0.05) is 13.0 Å². The molecule has 1 rings (SSSR count). The molecule has 1 aliphatic rings. The Morgan fingerprint density at radius 2 is 1.88 bits per heavy atom. The largest absolute Gasteiger partial charge is 0.378 e. The SMILES string of the molecule is COC1C(C)C1(Cl)Cl. The van der Waals surface area contributed by atoms with Gasteiger partial charge in [0.15, 0.2) is 0 Å². The Morgan fingerprint density at radius 3 is 1.88 bits per heavy atom. The van der Waals surface area contributed by atoms with Crippen molar-refractivity contribution >= 4 is 23.2 Å². The molecule has 2 atom stereocenters. The van der Waals surface area contributed by atoms with Crippen LogP contribution >= 0.6 is 23.2 Å². The Balaban J connectivity index is 2.45. The van der Waals surface area contributed by atoms with Crippen LogP contribution in [0.15, 0.2) is 0 Å². The van der Waals surface area contributed by atoms with E-state index in [0.29, 0.717) is 0 Å². The van der Waals surface area contributed by atoms with E-state index in [-0.39, 0.29) is 12.0 Å². The van der Waals surface area contributed by atoms with Gasteiger partial charge in [0.2, 0.25) is 0 Å². The van der Waals surface area contributed by atoms with Crippen LogP contribution in [0.1, 0.15) is 6.92 Å². The summed E-state index contributed by atoms with van der Waals surface area (Å²) in [5.41, 5.74) is 0. The molecule has 0 aliphatic heterocycles. The quantitative estimate of drug-likeness (QED) is 0.525. The van der Waals surface area contributed by atoms with E-state index < -0.39 is 4.33 Å². The molecule has 0 aromatic rings. The second-order valence-corrected chi connectivity index (χ2v) is 3.56. The molecule has 0 N–H and O–H groups in total. The Labute approximate surface area is 58.9 Å². The van der Waals surface area contributed by atoms with Crippen LogP contribution in [0.2, 0.25) is 0 Å². The summed E-state index contributed by atoms with van der Waals surface area (Å²) in [6.45, 7) is 1.97. The lowest BCUT2D eigenvalue weighted by Crippen LogP contribution is -1.96. The molecule has 0 bridgehead atoms. The first kappa shape index (κ1) is 6.66. The molecular formula is C5H8Cl2O. The second-order valence-electron chi connectivity index (χ2n) is 2.12. The van der Waals surface area contributed by atoms with Gasteiger partial charge in [-0.3, -0.25) is 0 Å². The molecule has 3 heteroatoms. The maximum absolute atomic E-state index is 5.70. The van der Waals surface area contributed by atoms with Crippen LogP contribution < -0.4 is 0 Å². The van der Waals surface area contributed by atoms with Crippen molar-refractivity contribution in [2.45, 2.75) is 17.4 Å². The molecule has 0 aromatic heterocycles. The molecule has 2 unspecified atom stereocenters. The zero-order valence-electron chi connectivity index (χ0n) is 4.82. The fourth-order valence-corrected chi connectivity index (χ4v) is 1.46. The highest BCUT2D eigenvalue weighted by atomic mass is 35.5. The van der Waals surface area contributed by atoms with Crippen molar-refractivity contribution in [2.75, 3.05) is 7.11 Å². The van der Waals surface area contributed by atoms with Gasteiger partial charge in [-0.15, -0.1) is 0 Å². The molecule has 1 saturated carbocycles. The summed E-state index contributed by atoms with van der Waals surface area (Å²) in [5.74, 6) is 0.288. The van der Waals surface area contributed by atoms with Gasteiger partial charge < -0.3 is 4.74 Å². The van der Waals surface area contributed by atoms with Gasteiger partial charge in [-0.2, -0.15) is 0 Å². The first-order valence-electron chi connectivity index (χ1n) is 2.51. The molecule has 0 saturated heterocycles. The second kappa shape index (κ2) is 1.76. The molecule has 0 radical (unpaired) electrons. The van der Waals surface area contributed by atoms with Crippen LogP contribution in [-0.2, 0) is 4.74 Å². The van der Waals surface area contributed by atoms with Crippen molar-refractivity contribution < 1.29 is 4.74 Å². The molecule has 0 spiro atoms. The molecule has 8 heavy (non-hydrogen) atoms. The molecule has 1 aliphatic carbocycles. The highest BCUT2D eigenvalue weighted by molar-refractivity contribution is 6.51. The average Bonchev–Trinajstić information content (AvgIpc) is 2.09. The van der Waals surface area contributed by atoms with Crippen LogP contribution in [0, 0.1) is 5.92 Å². The fourth-order valence-electron chi connectivity index (χ4n) is 0.805. The summed E-state index contributed by atoms with van der Waals surface area (Å²) >= 11 is 11.4. The van der Waals surface area contributed by atoms with Crippen LogP contribution in [0.25, 0.3) is 0 Å². The number of rotatable bonds is 1. The summed E-state index contributed by atoms with van der Waals surface area (Å²) in [6, 6.07) is 0. The number of ether oxygens (including phenoxy) is 1. The minimum absolute atomic E-state index is 0.0471. The van der Waals surface area contributed by atoms with E-state index in [4.69, 9.17) is 27.9 Å². The van der Waals surface area contributed by atoms with E-state index in [9.17, 15) is 0 Å². The average molecular weight is 155 g/mol. The highest BCUT2D eigenvalue weighted by Gasteiger charge is 2.61. The standard InChI is InChI=1S/C5H8Cl2O/c1-3-4(8-2)5(3,6)7/h3-4H,1-2H3. The van der Waals surface area contributed by atoms with Gasteiger partial charge in [0.1, 0.15) is 4.33 Å².